The molecule has 20 heavy (non-hydrogen) atoms. The third-order valence-electron chi connectivity index (χ3n) is 2.56. The normalized spacial score (nSPS) is 11.9. The van der Waals surface area contributed by atoms with Crippen molar-refractivity contribution in [3.05, 3.63) is 29.8 Å². The predicted molar refractivity (Wildman–Crippen MR) is 75.5 cm³/mol. The quantitative estimate of drug-likeness (QED) is 0.307. The lowest BCUT2D eigenvalue weighted by molar-refractivity contribution is -0.0128. The summed E-state index contributed by atoms with van der Waals surface area (Å²) < 4.78 is 16.3. The van der Waals surface area contributed by atoms with E-state index < -0.39 is 0 Å². The number of nitrogens with two attached hydrogens (primary N) is 1. The van der Waals surface area contributed by atoms with E-state index in [9.17, 15) is 4.79 Å². The molecule has 1 atom stereocenters. The summed E-state index contributed by atoms with van der Waals surface area (Å²) in [6, 6.07) is 6.91. The van der Waals surface area contributed by atoms with Gasteiger partial charge in [-0.05, 0) is 26.0 Å². The maximum Gasteiger partial charge on any atom is 0.268 e. The Hall–Kier alpha value is -1.63. The Labute approximate surface area is 119 Å². The molecule has 0 heterocycles. The van der Waals surface area contributed by atoms with Crippen LogP contribution >= 0.6 is 0 Å². The van der Waals surface area contributed by atoms with Crippen molar-refractivity contribution in [1.82, 2.24) is 5.43 Å². The van der Waals surface area contributed by atoms with Gasteiger partial charge in [-0.2, -0.15) is 0 Å². The molecule has 0 aliphatic heterocycles. The summed E-state index contributed by atoms with van der Waals surface area (Å²) in [7, 11) is 0. The maximum atomic E-state index is 11.5. The SMILES string of the molecule is CCOCC(C)OCCOc1ccccc1C(=O)NN. The molecule has 1 aromatic carbocycles. The van der Waals surface area contributed by atoms with Crippen LogP contribution < -0.4 is 16.0 Å². The molecule has 0 aliphatic rings. The average Bonchev–Trinajstić information content (AvgIpc) is 2.49. The first kappa shape index (κ1) is 16.4. The van der Waals surface area contributed by atoms with Gasteiger partial charge in [-0.25, -0.2) is 5.84 Å². The van der Waals surface area contributed by atoms with Gasteiger partial charge in [0, 0.05) is 6.61 Å². The van der Waals surface area contributed by atoms with E-state index in [-0.39, 0.29) is 12.0 Å². The lowest BCUT2D eigenvalue weighted by atomic mass is 10.2. The van der Waals surface area contributed by atoms with Crippen LogP contribution in [0, 0.1) is 0 Å². The minimum atomic E-state index is -0.383. The van der Waals surface area contributed by atoms with Crippen molar-refractivity contribution in [2.75, 3.05) is 26.4 Å². The molecule has 0 fully saturated rings. The lowest BCUT2D eigenvalue weighted by Crippen LogP contribution is -2.30. The largest absolute Gasteiger partial charge is 0.490 e. The fourth-order valence-electron chi connectivity index (χ4n) is 1.59. The van der Waals surface area contributed by atoms with Gasteiger partial charge in [0.15, 0.2) is 0 Å². The van der Waals surface area contributed by atoms with E-state index in [1.165, 1.54) is 0 Å². The van der Waals surface area contributed by atoms with Gasteiger partial charge in [0.05, 0.1) is 24.9 Å². The lowest BCUT2D eigenvalue weighted by Gasteiger charge is -2.14. The van der Waals surface area contributed by atoms with Gasteiger partial charge in [0.2, 0.25) is 0 Å². The van der Waals surface area contributed by atoms with E-state index >= 15 is 0 Å². The third kappa shape index (κ3) is 5.56. The molecule has 0 saturated heterocycles. The molecular formula is C14H22N2O4. The number of rotatable bonds is 9. The number of para-hydroxylation sites is 1. The van der Waals surface area contributed by atoms with Gasteiger partial charge < -0.3 is 14.2 Å². The molecule has 0 spiro atoms. The zero-order valence-corrected chi connectivity index (χ0v) is 11.9. The molecule has 112 valence electrons. The van der Waals surface area contributed by atoms with Crippen LogP contribution in [0.15, 0.2) is 24.3 Å². The molecule has 3 N–H and O–H groups in total. The van der Waals surface area contributed by atoms with Gasteiger partial charge >= 0.3 is 0 Å². The third-order valence-corrected chi connectivity index (χ3v) is 2.56. The van der Waals surface area contributed by atoms with E-state index in [2.05, 4.69) is 5.43 Å². The Balaban J connectivity index is 2.37. The molecule has 0 bridgehead atoms. The fraction of sp³-hybridized carbons (Fsp3) is 0.500. The van der Waals surface area contributed by atoms with E-state index in [4.69, 9.17) is 20.1 Å². The second kappa shape index (κ2) is 9.30. The Morgan fingerprint density at radius 3 is 2.80 bits per heavy atom. The standard InChI is InChI=1S/C14H22N2O4/c1-3-18-10-11(2)19-8-9-20-13-7-5-4-6-12(13)14(17)16-15/h4-7,11H,3,8-10,15H2,1-2H3,(H,16,17). The Morgan fingerprint density at radius 2 is 2.10 bits per heavy atom. The van der Waals surface area contributed by atoms with Crippen molar-refractivity contribution in [3.63, 3.8) is 0 Å². The molecule has 1 aromatic rings. The molecule has 6 nitrogen and oxygen atoms in total. The second-order valence-electron chi connectivity index (χ2n) is 4.16. The second-order valence-corrected chi connectivity index (χ2v) is 4.16. The highest BCUT2D eigenvalue weighted by molar-refractivity contribution is 5.96. The number of hydrogen-bond acceptors (Lipinski definition) is 5. The highest BCUT2D eigenvalue weighted by atomic mass is 16.5. The van der Waals surface area contributed by atoms with Crippen molar-refractivity contribution in [1.29, 1.82) is 0 Å². The van der Waals surface area contributed by atoms with Gasteiger partial charge in [-0.1, -0.05) is 12.1 Å². The number of amides is 1. The number of carbonyl (C=O) groups is 1. The molecular weight excluding hydrogens is 260 g/mol. The van der Waals surface area contributed by atoms with E-state index in [0.29, 0.717) is 37.7 Å². The number of ether oxygens (including phenoxy) is 3. The van der Waals surface area contributed by atoms with E-state index in [1.807, 2.05) is 13.8 Å². The summed E-state index contributed by atoms with van der Waals surface area (Å²) in [5, 5.41) is 0. The molecule has 0 aromatic heterocycles. The van der Waals surface area contributed by atoms with Crippen molar-refractivity contribution in [2.24, 2.45) is 5.84 Å². The van der Waals surface area contributed by atoms with E-state index in [1.54, 1.807) is 24.3 Å². The number of nitrogens with one attached hydrogen (secondary N) is 1. The van der Waals surface area contributed by atoms with Crippen LogP contribution in [-0.2, 0) is 9.47 Å². The zero-order valence-electron chi connectivity index (χ0n) is 11.9. The predicted octanol–water partition coefficient (Wildman–Crippen LogP) is 1.11. The van der Waals surface area contributed by atoms with Gasteiger partial charge in [-0.15, -0.1) is 0 Å². The first-order valence-corrected chi connectivity index (χ1v) is 6.61. The molecule has 6 heteroatoms. The fourth-order valence-corrected chi connectivity index (χ4v) is 1.59. The van der Waals surface area contributed by atoms with Crippen LogP contribution in [0.5, 0.6) is 5.75 Å². The summed E-state index contributed by atoms with van der Waals surface area (Å²) in [4.78, 5) is 11.5. The van der Waals surface area contributed by atoms with Crippen molar-refractivity contribution in [3.8, 4) is 5.75 Å². The van der Waals surface area contributed by atoms with Crippen molar-refractivity contribution >= 4 is 5.91 Å². The first-order valence-electron chi connectivity index (χ1n) is 6.61. The minimum Gasteiger partial charge on any atom is -0.490 e. The summed E-state index contributed by atoms with van der Waals surface area (Å²) in [5.74, 6) is 5.22. The maximum absolute atomic E-state index is 11.5. The molecule has 1 amide bonds. The van der Waals surface area contributed by atoms with Crippen molar-refractivity contribution < 1.29 is 19.0 Å². The molecule has 1 unspecified atom stereocenters. The number of carbonyl (C=O) groups excluding carboxylic acids is 1. The van der Waals surface area contributed by atoms with Crippen LogP contribution in [0.1, 0.15) is 24.2 Å². The first-order chi connectivity index (χ1) is 9.69. The smallest absolute Gasteiger partial charge is 0.268 e. The number of hydrazine groups is 1. The van der Waals surface area contributed by atoms with E-state index in [0.717, 1.165) is 0 Å². The van der Waals surface area contributed by atoms with Crippen LogP contribution in [0.2, 0.25) is 0 Å². The van der Waals surface area contributed by atoms with Crippen LogP contribution in [0.4, 0.5) is 0 Å². The highest BCUT2D eigenvalue weighted by Gasteiger charge is 2.10. The summed E-state index contributed by atoms with van der Waals surface area (Å²) in [6.07, 6.45) is 0.0149. The zero-order chi connectivity index (χ0) is 14.8. The van der Waals surface area contributed by atoms with Crippen molar-refractivity contribution in [2.45, 2.75) is 20.0 Å². The average molecular weight is 282 g/mol. The number of benzene rings is 1. The Bertz CT molecular complexity index is 412. The number of nitrogen functional groups attached to an aromatic ring is 1. The van der Waals surface area contributed by atoms with Crippen LogP contribution in [0.3, 0.4) is 0 Å². The van der Waals surface area contributed by atoms with Gasteiger partial charge in [-0.3, -0.25) is 10.2 Å². The molecule has 0 radical (unpaired) electrons. The van der Waals surface area contributed by atoms with Gasteiger partial charge in [0.1, 0.15) is 12.4 Å². The summed E-state index contributed by atoms with van der Waals surface area (Å²) in [5.41, 5.74) is 2.49. The molecule has 0 saturated carbocycles. The Kier molecular flexibility index (Phi) is 7.64. The number of hydrogen-bond donors (Lipinski definition) is 2. The molecule has 1 rings (SSSR count). The monoisotopic (exact) mass is 282 g/mol. The topological polar surface area (TPSA) is 82.8 Å². The van der Waals surface area contributed by atoms with Crippen LogP contribution in [0.25, 0.3) is 0 Å². The van der Waals surface area contributed by atoms with Gasteiger partial charge in [0.25, 0.3) is 5.91 Å². The summed E-state index contributed by atoms with van der Waals surface area (Å²) >= 11 is 0. The summed E-state index contributed by atoms with van der Waals surface area (Å²) in [6.45, 7) is 5.88. The molecule has 0 aliphatic carbocycles. The highest BCUT2D eigenvalue weighted by Crippen LogP contribution is 2.17. The van der Waals surface area contributed by atoms with Crippen LogP contribution in [-0.4, -0.2) is 38.4 Å². The Morgan fingerprint density at radius 1 is 1.35 bits per heavy atom. The minimum absolute atomic E-state index is 0.0149.